The van der Waals surface area contributed by atoms with E-state index in [1.165, 1.54) is 5.56 Å². The zero-order valence-corrected chi connectivity index (χ0v) is 13.7. The number of morpholine rings is 1. The average molecular weight is 292 g/mol. The van der Waals surface area contributed by atoms with E-state index >= 15 is 0 Å². The largest absolute Gasteiger partial charge is 0.494 e. The Balaban J connectivity index is 2.05. The van der Waals surface area contributed by atoms with E-state index in [1.54, 1.807) is 0 Å². The minimum absolute atomic E-state index is 0.0958. The van der Waals surface area contributed by atoms with Gasteiger partial charge in [-0.3, -0.25) is 4.90 Å². The molecule has 2 rings (SSSR count). The fourth-order valence-corrected chi connectivity index (χ4v) is 2.78. The first-order valence-corrected chi connectivity index (χ1v) is 7.79. The number of nitrogens with zero attached hydrogens (tertiary/aromatic N) is 1. The summed E-state index contributed by atoms with van der Waals surface area (Å²) in [6.45, 7) is 10.8. The Morgan fingerprint density at radius 3 is 2.62 bits per heavy atom. The second-order valence-corrected chi connectivity index (χ2v) is 6.15. The molecule has 4 heteroatoms. The van der Waals surface area contributed by atoms with Crippen LogP contribution in [-0.4, -0.2) is 50.4 Å². The summed E-state index contributed by atoms with van der Waals surface area (Å²) in [5.41, 5.74) is 1.39. The van der Waals surface area contributed by atoms with Crippen LogP contribution in [0.5, 0.6) is 5.75 Å². The zero-order valence-electron chi connectivity index (χ0n) is 13.7. The van der Waals surface area contributed by atoms with Crippen LogP contribution in [-0.2, 0) is 4.74 Å². The lowest BCUT2D eigenvalue weighted by molar-refractivity contribution is -0.0543. The van der Waals surface area contributed by atoms with Gasteiger partial charge >= 0.3 is 0 Å². The van der Waals surface area contributed by atoms with Crippen LogP contribution in [0.15, 0.2) is 24.3 Å². The normalized spacial score (nSPS) is 20.2. The number of likely N-dealkylation sites (N-methyl/N-ethyl adjacent to an activating group) is 1. The second-order valence-electron chi connectivity index (χ2n) is 6.15. The van der Waals surface area contributed by atoms with Crippen LogP contribution < -0.4 is 10.1 Å². The molecule has 1 aromatic rings. The standard InChI is InChI=1S/C17H28N2O2/c1-5-21-15-8-6-14(7-9-15)16(18-4)12-19-10-11-20-13-17(19,2)3/h6-9,16,18H,5,10-13H2,1-4H3. The first kappa shape index (κ1) is 16.3. The molecule has 1 fully saturated rings. The molecule has 0 aliphatic carbocycles. The summed E-state index contributed by atoms with van der Waals surface area (Å²) in [5, 5.41) is 3.43. The van der Waals surface area contributed by atoms with Crippen LogP contribution in [0.25, 0.3) is 0 Å². The van der Waals surface area contributed by atoms with E-state index < -0.39 is 0 Å². The maximum atomic E-state index is 5.60. The fraction of sp³-hybridized carbons (Fsp3) is 0.647. The predicted octanol–water partition coefficient (Wildman–Crippen LogP) is 2.46. The number of hydrogen-bond acceptors (Lipinski definition) is 4. The molecule has 0 bridgehead atoms. The molecule has 1 heterocycles. The smallest absolute Gasteiger partial charge is 0.119 e. The lowest BCUT2D eigenvalue weighted by atomic mass is 9.99. The molecule has 1 N–H and O–H groups in total. The third-order valence-electron chi connectivity index (χ3n) is 4.16. The molecule has 21 heavy (non-hydrogen) atoms. The van der Waals surface area contributed by atoms with Gasteiger partial charge in [0.25, 0.3) is 0 Å². The van der Waals surface area contributed by atoms with Crippen molar-refractivity contribution in [2.75, 3.05) is 40.0 Å². The lowest BCUT2D eigenvalue weighted by Crippen LogP contribution is -2.54. The summed E-state index contributed by atoms with van der Waals surface area (Å²) in [5.74, 6) is 0.933. The van der Waals surface area contributed by atoms with E-state index in [4.69, 9.17) is 9.47 Å². The molecule has 1 aromatic carbocycles. The molecule has 1 saturated heterocycles. The first-order valence-electron chi connectivity index (χ1n) is 7.79. The van der Waals surface area contributed by atoms with Gasteiger partial charge in [-0.1, -0.05) is 12.1 Å². The minimum Gasteiger partial charge on any atom is -0.494 e. The molecule has 1 aliphatic rings. The highest BCUT2D eigenvalue weighted by molar-refractivity contribution is 5.29. The number of hydrogen-bond donors (Lipinski definition) is 1. The molecule has 0 spiro atoms. The van der Waals surface area contributed by atoms with Crippen molar-refractivity contribution in [3.8, 4) is 5.75 Å². The van der Waals surface area contributed by atoms with Crippen LogP contribution in [0.1, 0.15) is 32.4 Å². The quantitative estimate of drug-likeness (QED) is 0.873. The van der Waals surface area contributed by atoms with Crippen molar-refractivity contribution in [1.29, 1.82) is 0 Å². The maximum Gasteiger partial charge on any atom is 0.119 e. The van der Waals surface area contributed by atoms with Gasteiger partial charge in [-0.2, -0.15) is 0 Å². The van der Waals surface area contributed by atoms with Crippen molar-refractivity contribution in [1.82, 2.24) is 10.2 Å². The molecule has 0 amide bonds. The Morgan fingerprint density at radius 2 is 2.05 bits per heavy atom. The van der Waals surface area contributed by atoms with Crippen molar-refractivity contribution in [2.45, 2.75) is 32.4 Å². The van der Waals surface area contributed by atoms with Gasteiger partial charge in [0.2, 0.25) is 0 Å². The van der Waals surface area contributed by atoms with Gasteiger partial charge in [0.1, 0.15) is 5.75 Å². The van der Waals surface area contributed by atoms with Gasteiger partial charge in [0.15, 0.2) is 0 Å². The summed E-state index contributed by atoms with van der Waals surface area (Å²) in [6, 6.07) is 8.72. The molecule has 1 unspecified atom stereocenters. The Hall–Kier alpha value is -1.10. The summed E-state index contributed by atoms with van der Waals surface area (Å²) < 4.78 is 11.1. The monoisotopic (exact) mass is 292 g/mol. The number of nitrogens with one attached hydrogen (secondary N) is 1. The Morgan fingerprint density at radius 1 is 1.33 bits per heavy atom. The summed E-state index contributed by atoms with van der Waals surface area (Å²) in [4.78, 5) is 2.51. The number of rotatable bonds is 6. The van der Waals surface area contributed by atoms with Gasteiger partial charge in [0, 0.05) is 24.7 Å². The van der Waals surface area contributed by atoms with Gasteiger partial charge < -0.3 is 14.8 Å². The van der Waals surface area contributed by atoms with Crippen molar-refractivity contribution in [3.63, 3.8) is 0 Å². The average Bonchev–Trinajstić information content (AvgIpc) is 2.47. The van der Waals surface area contributed by atoms with Crippen LogP contribution in [0.2, 0.25) is 0 Å². The second kappa shape index (κ2) is 7.25. The summed E-state index contributed by atoms with van der Waals surface area (Å²) in [7, 11) is 2.02. The fourth-order valence-electron chi connectivity index (χ4n) is 2.78. The van der Waals surface area contributed by atoms with Gasteiger partial charge in [-0.05, 0) is 45.5 Å². The van der Waals surface area contributed by atoms with Crippen molar-refractivity contribution in [3.05, 3.63) is 29.8 Å². The van der Waals surface area contributed by atoms with E-state index in [0.717, 1.165) is 32.1 Å². The molecule has 4 nitrogen and oxygen atoms in total. The van der Waals surface area contributed by atoms with Gasteiger partial charge in [0.05, 0.1) is 19.8 Å². The molecule has 0 aromatic heterocycles. The van der Waals surface area contributed by atoms with E-state index in [1.807, 2.05) is 26.1 Å². The van der Waals surface area contributed by atoms with E-state index in [9.17, 15) is 0 Å². The molecule has 1 atom stereocenters. The molecule has 0 radical (unpaired) electrons. The third kappa shape index (κ3) is 4.19. The van der Waals surface area contributed by atoms with E-state index in [2.05, 4.69) is 36.2 Å². The van der Waals surface area contributed by atoms with E-state index in [-0.39, 0.29) is 5.54 Å². The van der Waals surface area contributed by atoms with E-state index in [0.29, 0.717) is 12.6 Å². The van der Waals surface area contributed by atoms with Crippen LogP contribution in [0, 0.1) is 0 Å². The number of benzene rings is 1. The highest BCUT2D eigenvalue weighted by Crippen LogP contribution is 2.24. The van der Waals surface area contributed by atoms with Crippen LogP contribution in [0.4, 0.5) is 0 Å². The highest BCUT2D eigenvalue weighted by Gasteiger charge is 2.31. The zero-order chi connectivity index (χ0) is 15.3. The molecule has 118 valence electrons. The highest BCUT2D eigenvalue weighted by atomic mass is 16.5. The minimum atomic E-state index is 0.0958. The van der Waals surface area contributed by atoms with Crippen LogP contribution in [0.3, 0.4) is 0 Å². The summed E-state index contributed by atoms with van der Waals surface area (Å²) in [6.07, 6.45) is 0. The predicted molar refractivity (Wildman–Crippen MR) is 85.9 cm³/mol. The van der Waals surface area contributed by atoms with Crippen molar-refractivity contribution in [2.24, 2.45) is 0 Å². The molecular weight excluding hydrogens is 264 g/mol. The van der Waals surface area contributed by atoms with Crippen molar-refractivity contribution >= 4 is 0 Å². The Bertz CT molecular complexity index is 431. The molecule has 1 aliphatic heterocycles. The van der Waals surface area contributed by atoms with Crippen LogP contribution >= 0.6 is 0 Å². The molecular formula is C17H28N2O2. The van der Waals surface area contributed by atoms with Gasteiger partial charge in [-0.25, -0.2) is 0 Å². The summed E-state index contributed by atoms with van der Waals surface area (Å²) >= 11 is 0. The SMILES string of the molecule is CCOc1ccc(C(CN2CCOCC2(C)C)NC)cc1. The Kier molecular flexibility index (Phi) is 5.62. The maximum absolute atomic E-state index is 5.60. The van der Waals surface area contributed by atoms with Gasteiger partial charge in [-0.15, -0.1) is 0 Å². The third-order valence-corrected chi connectivity index (χ3v) is 4.16. The first-order chi connectivity index (χ1) is 10.1. The van der Waals surface area contributed by atoms with Crippen molar-refractivity contribution < 1.29 is 9.47 Å². The lowest BCUT2D eigenvalue weighted by Gasteiger charge is -2.43. The number of ether oxygens (including phenoxy) is 2. The topological polar surface area (TPSA) is 33.7 Å². The Labute approximate surface area is 128 Å². The molecule has 0 saturated carbocycles.